The number of hydrogen-bond donors (Lipinski definition) is 0. The molecule has 0 N–H and O–H groups in total. The largest absolute Gasteiger partial charge is 0.433 e. The average Bonchev–Trinajstić information content (AvgIpc) is 3.06. The summed E-state index contributed by atoms with van der Waals surface area (Å²) in [6.45, 7) is 1.15. The fourth-order valence-electron chi connectivity index (χ4n) is 2.12. The fourth-order valence-corrected chi connectivity index (χ4v) is 3.01. The molecule has 2 aromatic heterocycles. The molecular formula is C12H10N2O4S. The van der Waals surface area contributed by atoms with Crippen LogP contribution in [0.15, 0.2) is 28.0 Å². The van der Waals surface area contributed by atoms with E-state index in [-0.39, 0.29) is 11.7 Å². The summed E-state index contributed by atoms with van der Waals surface area (Å²) < 4.78 is 4.94. The Hall–Kier alpha value is -2.15. The van der Waals surface area contributed by atoms with E-state index in [1.807, 2.05) is 11.4 Å². The van der Waals surface area contributed by atoms with Gasteiger partial charge in [0.2, 0.25) is 0 Å². The molecule has 3 rings (SSSR count). The van der Waals surface area contributed by atoms with Crippen molar-refractivity contribution >= 4 is 23.1 Å². The first-order valence-corrected chi connectivity index (χ1v) is 6.62. The van der Waals surface area contributed by atoms with Gasteiger partial charge in [-0.05, 0) is 29.5 Å². The number of carbonyl (C=O) groups is 1. The quantitative estimate of drug-likeness (QED) is 0.624. The summed E-state index contributed by atoms with van der Waals surface area (Å²) >= 11 is 1.69. The monoisotopic (exact) mass is 278 g/mol. The van der Waals surface area contributed by atoms with E-state index in [0.717, 1.165) is 12.0 Å². The molecule has 0 atom stereocenters. The van der Waals surface area contributed by atoms with Gasteiger partial charge in [0.1, 0.15) is 4.92 Å². The van der Waals surface area contributed by atoms with Crippen molar-refractivity contribution in [2.24, 2.45) is 0 Å². The molecule has 98 valence electrons. The van der Waals surface area contributed by atoms with Gasteiger partial charge in [0.15, 0.2) is 5.76 Å². The highest BCUT2D eigenvalue weighted by Gasteiger charge is 2.26. The van der Waals surface area contributed by atoms with Crippen LogP contribution in [0, 0.1) is 10.1 Å². The number of fused-ring (bicyclic) bond motifs is 1. The molecule has 7 heteroatoms. The second kappa shape index (κ2) is 4.51. The van der Waals surface area contributed by atoms with E-state index < -0.39 is 10.8 Å². The zero-order valence-corrected chi connectivity index (χ0v) is 10.7. The average molecular weight is 278 g/mol. The summed E-state index contributed by atoms with van der Waals surface area (Å²) in [7, 11) is 0. The van der Waals surface area contributed by atoms with Crippen molar-refractivity contribution in [1.29, 1.82) is 0 Å². The molecule has 6 nitrogen and oxygen atoms in total. The SMILES string of the molecule is O=C(c1ccc([N+](=O)[O-])o1)N1CCc2sccc2C1. The van der Waals surface area contributed by atoms with Gasteiger partial charge in [0, 0.05) is 18.0 Å². The van der Waals surface area contributed by atoms with Crippen LogP contribution in [0.3, 0.4) is 0 Å². The first-order valence-electron chi connectivity index (χ1n) is 5.74. The molecule has 2 aromatic rings. The van der Waals surface area contributed by atoms with E-state index in [9.17, 15) is 14.9 Å². The molecule has 0 aliphatic carbocycles. The summed E-state index contributed by atoms with van der Waals surface area (Å²) in [6.07, 6.45) is 0.821. The number of rotatable bonds is 2. The molecule has 19 heavy (non-hydrogen) atoms. The topological polar surface area (TPSA) is 76.6 Å². The second-order valence-electron chi connectivity index (χ2n) is 4.24. The minimum atomic E-state index is -0.649. The predicted octanol–water partition coefficient (Wildman–Crippen LogP) is 2.45. The Morgan fingerprint density at radius 1 is 1.42 bits per heavy atom. The molecule has 0 fully saturated rings. The van der Waals surface area contributed by atoms with Crippen LogP contribution in [-0.2, 0) is 13.0 Å². The van der Waals surface area contributed by atoms with Crippen LogP contribution in [0.5, 0.6) is 0 Å². The van der Waals surface area contributed by atoms with E-state index in [1.165, 1.54) is 17.0 Å². The smallest absolute Gasteiger partial charge is 0.395 e. The van der Waals surface area contributed by atoms with Crippen molar-refractivity contribution in [2.45, 2.75) is 13.0 Å². The summed E-state index contributed by atoms with van der Waals surface area (Å²) in [5, 5.41) is 12.5. The van der Waals surface area contributed by atoms with Crippen LogP contribution in [0.4, 0.5) is 5.88 Å². The van der Waals surface area contributed by atoms with Crippen molar-refractivity contribution in [3.8, 4) is 0 Å². The molecule has 0 saturated carbocycles. The van der Waals surface area contributed by atoms with Crippen LogP contribution in [-0.4, -0.2) is 22.3 Å². The zero-order chi connectivity index (χ0) is 13.4. The van der Waals surface area contributed by atoms with Crippen LogP contribution >= 0.6 is 11.3 Å². The maximum atomic E-state index is 12.2. The predicted molar refractivity (Wildman–Crippen MR) is 68.1 cm³/mol. The molecule has 0 spiro atoms. The van der Waals surface area contributed by atoms with Crippen molar-refractivity contribution < 1.29 is 14.1 Å². The van der Waals surface area contributed by atoms with Crippen molar-refractivity contribution in [3.63, 3.8) is 0 Å². The Morgan fingerprint density at radius 2 is 2.26 bits per heavy atom. The van der Waals surface area contributed by atoms with Gasteiger partial charge < -0.3 is 9.32 Å². The number of furan rings is 1. The van der Waals surface area contributed by atoms with E-state index in [2.05, 4.69) is 0 Å². The van der Waals surface area contributed by atoms with Gasteiger partial charge in [-0.1, -0.05) is 0 Å². The van der Waals surface area contributed by atoms with Gasteiger partial charge >= 0.3 is 5.88 Å². The Balaban J connectivity index is 1.79. The Morgan fingerprint density at radius 3 is 3.00 bits per heavy atom. The Labute approximate surface area is 112 Å². The van der Waals surface area contributed by atoms with Gasteiger partial charge in [-0.3, -0.25) is 14.9 Å². The highest BCUT2D eigenvalue weighted by molar-refractivity contribution is 7.10. The van der Waals surface area contributed by atoms with E-state index in [0.29, 0.717) is 13.1 Å². The van der Waals surface area contributed by atoms with Gasteiger partial charge in [-0.15, -0.1) is 11.3 Å². The number of thiophene rings is 1. The lowest BCUT2D eigenvalue weighted by atomic mass is 10.1. The van der Waals surface area contributed by atoms with Crippen molar-refractivity contribution in [3.05, 3.63) is 49.9 Å². The first-order chi connectivity index (χ1) is 9.15. The summed E-state index contributed by atoms with van der Waals surface area (Å²) in [5.41, 5.74) is 1.14. The van der Waals surface area contributed by atoms with Crippen LogP contribution in [0.1, 0.15) is 21.0 Å². The zero-order valence-electron chi connectivity index (χ0n) is 9.87. The molecule has 3 heterocycles. The Kier molecular flexibility index (Phi) is 2.83. The van der Waals surface area contributed by atoms with Crippen molar-refractivity contribution in [2.75, 3.05) is 6.54 Å². The standard InChI is InChI=1S/C12H10N2O4S/c15-12(9-1-2-11(18-9)14(16)17)13-5-3-10-8(7-13)4-6-19-10/h1-2,4,6H,3,5,7H2. The van der Waals surface area contributed by atoms with Gasteiger partial charge in [-0.2, -0.15) is 0 Å². The summed E-state index contributed by atoms with van der Waals surface area (Å²) in [4.78, 5) is 25.0. The third-order valence-corrected chi connectivity index (χ3v) is 4.10. The molecule has 0 saturated heterocycles. The molecule has 0 unspecified atom stereocenters. The Bertz CT molecular complexity index is 646. The minimum absolute atomic E-state index is 0.0189. The minimum Gasteiger partial charge on any atom is -0.395 e. The molecule has 0 bridgehead atoms. The maximum Gasteiger partial charge on any atom is 0.433 e. The number of nitro groups is 1. The lowest BCUT2D eigenvalue weighted by Crippen LogP contribution is -2.35. The molecular weight excluding hydrogens is 268 g/mol. The van der Waals surface area contributed by atoms with Crippen LogP contribution in [0.2, 0.25) is 0 Å². The number of hydrogen-bond acceptors (Lipinski definition) is 5. The number of carbonyl (C=O) groups excluding carboxylic acids is 1. The normalized spacial score (nSPS) is 14.2. The van der Waals surface area contributed by atoms with Gasteiger partial charge in [-0.25, -0.2) is 0 Å². The van der Waals surface area contributed by atoms with E-state index in [4.69, 9.17) is 4.42 Å². The first kappa shape index (κ1) is 11.9. The third kappa shape index (κ3) is 2.12. The molecule has 0 radical (unpaired) electrons. The highest BCUT2D eigenvalue weighted by atomic mass is 32.1. The molecule has 1 aliphatic heterocycles. The lowest BCUT2D eigenvalue weighted by Gasteiger charge is -2.25. The lowest BCUT2D eigenvalue weighted by molar-refractivity contribution is -0.402. The van der Waals surface area contributed by atoms with Crippen molar-refractivity contribution in [1.82, 2.24) is 4.90 Å². The van der Waals surface area contributed by atoms with Crippen LogP contribution < -0.4 is 0 Å². The van der Waals surface area contributed by atoms with Gasteiger partial charge in [0.25, 0.3) is 5.91 Å². The molecule has 0 aromatic carbocycles. The number of amides is 1. The summed E-state index contributed by atoms with van der Waals surface area (Å²) in [6, 6.07) is 4.56. The van der Waals surface area contributed by atoms with Gasteiger partial charge in [0.05, 0.1) is 6.07 Å². The fraction of sp³-hybridized carbons (Fsp3) is 0.250. The maximum absolute atomic E-state index is 12.2. The van der Waals surface area contributed by atoms with Crippen LogP contribution in [0.25, 0.3) is 0 Å². The highest BCUT2D eigenvalue weighted by Crippen LogP contribution is 2.26. The van der Waals surface area contributed by atoms with E-state index in [1.54, 1.807) is 16.2 Å². The molecule has 1 amide bonds. The molecule has 1 aliphatic rings. The van der Waals surface area contributed by atoms with E-state index >= 15 is 0 Å². The third-order valence-electron chi connectivity index (χ3n) is 3.08. The second-order valence-corrected chi connectivity index (χ2v) is 5.24. The number of nitrogens with zero attached hydrogens (tertiary/aromatic N) is 2. The summed E-state index contributed by atoms with van der Waals surface area (Å²) in [5.74, 6) is -0.688.